The molecule has 0 radical (unpaired) electrons. The van der Waals surface area contributed by atoms with Crippen molar-refractivity contribution in [2.75, 3.05) is 31.6 Å². The number of morpholine rings is 1. The quantitative estimate of drug-likeness (QED) is 0.844. The van der Waals surface area contributed by atoms with Crippen LogP contribution in [0.5, 0.6) is 0 Å². The Bertz CT molecular complexity index is 368. The van der Waals surface area contributed by atoms with Gasteiger partial charge in [-0.1, -0.05) is 0 Å². The van der Waals surface area contributed by atoms with E-state index in [0.717, 1.165) is 25.6 Å². The van der Waals surface area contributed by atoms with E-state index >= 15 is 0 Å². The van der Waals surface area contributed by atoms with Gasteiger partial charge in [-0.2, -0.15) is 0 Å². The van der Waals surface area contributed by atoms with E-state index in [2.05, 4.69) is 10.6 Å². The predicted octanol–water partition coefficient (Wildman–Crippen LogP) is 1.76. The second-order valence-corrected chi connectivity index (χ2v) is 4.07. The molecule has 1 unspecified atom stereocenters. The molecule has 5 heteroatoms. The predicted molar refractivity (Wildman–Crippen MR) is 62.1 cm³/mol. The van der Waals surface area contributed by atoms with Crippen LogP contribution in [-0.2, 0) is 4.74 Å². The maximum Gasteiger partial charge on any atom is 0.149 e. The number of hydrogen-bond acceptors (Lipinski definition) is 3. The van der Waals surface area contributed by atoms with Crippen LogP contribution in [0, 0.1) is 11.6 Å². The molecular formula is C12H16F2N2O. The molecule has 0 amide bonds. The van der Waals surface area contributed by atoms with Gasteiger partial charge < -0.3 is 15.4 Å². The Balaban J connectivity index is 1.77. The summed E-state index contributed by atoms with van der Waals surface area (Å²) in [6.45, 7) is 2.92. The number of hydrogen-bond donors (Lipinski definition) is 2. The van der Waals surface area contributed by atoms with Crippen molar-refractivity contribution in [2.24, 2.45) is 0 Å². The summed E-state index contributed by atoms with van der Waals surface area (Å²) >= 11 is 0. The highest BCUT2D eigenvalue weighted by Gasteiger charge is 2.12. The van der Waals surface area contributed by atoms with Crippen LogP contribution < -0.4 is 10.6 Å². The lowest BCUT2D eigenvalue weighted by Gasteiger charge is -2.23. The SMILES string of the molecule is Fc1ccc(NCCC2COCCN2)c(F)c1. The summed E-state index contributed by atoms with van der Waals surface area (Å²) in [5.74, 6) is -1.12. The number of rotatable bonds is 4. The Kier molecular flexibility index (Phi) is 4.28. The molecule has 0 aromatic heterocycles. The van der Waals surface area contributed by atoms with Gasteiger partial charge in [-0.25, -0.2) is 8.78 Å². The summed E-state index contributed by atoms with van der Waals surface area (Å²) in [5.41, 5.74) is 0.336. The van der Waals surface area contributed by atoms with E-state index in [-0.39, 0.29) is 0 Å². The summed E-state index contributed by atoms with van der Waals surface area (Å²) in [6.07, 6.45) is 0.844. The van der Waals surface area contributed by atoms with Crippen LogP contribution in [0.4, 0.5) is 14.5 Å². The normalized spacial score (nSPS) is 20.2. The largest absolute Gasteiger partial charge is 0.383 e. The summed E-state index contributed by atoms with van der Waals surface area (Å²) in [6, 6.07) is 3.84. The molecule has 2 N–H and O–H groups in total. The first-order chi connectivity index (χ1) is 8.25. The van der Waals surface area contributed by atoms with Crippen LogP contribution in [0.3, 0.4) is 0 Å². The first-order valence-electron chi connectivity index (χ1n) is 5.76. The molecule has 2 rings (SSSR count). The van der Waals surface area contributed by atoms with Crippen molar-refractivity contribution in [1.82, 2.24) is 5.32 Å². The Hall–Kier alpha value is -1.20. The number of benzene rings is 1. The van der Waals surface area contributed by atoms with E-state index in [1.54, 1.807) is 0 Å². The molecule has 0 bridgehead atoms. The van der Waals surface area contributed by atoms with Crippen molar-refractivity contribution < 1.29 is 13.5 Å². The lowest BCUT2D eigenvalue weighted by atomic mass is 10.2. The van der Waals surface area contributed by atoms with Gasteiger partial charge in [-0.05, 0) is 18.6 Å². The molecule has 1 saturated heterocycles. The third-order valence-electron chi connectivity index (χ3n) is 2.74. The van der Waals surface area contributed by atoms with E-state index < -0.39 is 11.6 Å². The standard InChI is InChI=1S/C12H16F2N2O/c13-9-1-2-12(11(14)7-9)16-4-3-10-8-17-6-5-15-10/h1-2,7,10,15-16H,3-6,8H2. The molecule has 3 nitrogen and oxygen atoms in total. The van der Waals surface area contributed by atoms with Crippen molar-refractivity contribution in [2.45, 2.75) is 12.5 Å². The minimum Gasteiger partial charge on any atom is -0.383 e. The average molecular weight is 242 g/mol. The molecule has 0 aliphatic carbocycles. The van der Waals surface area contributed by atoms with Gasteiger partial charge in [0.2, 0.25) is 0 Å². The number of anilines is 1. The van der Waals surface area contributed by atoms with Gasteiger partial charge in [0, 0.05) is 25.2 Å². The fraction of sp³-hybridized carbons (Fsp3) is 0.500. The summed E-state index contributed by atoms with van der Waals surface area (Å²) in [7, 11) is 0. The third-order valence-corrected chi connectivity index (χ3v) is 2.74. The Morgan fingerprint density at radius 2 is 2.29 bits per heavy atom. The van der Waals surface area contributed by atoms with Gasteiger partial charge in [0.05, 0.1) is 18.9 Å². The minimum atomic E-state index is -0.560. The molecule has 17 heavy (non-hydrogen) atoms. The Labute approximate surface area is 99.2 Å². The zero-order chi connectivity index (χ0) is 12.1. The summed E-state index contributed by atoms with van der Waals surface area (Å²) in [5, 5.41) is 6.26. The molecule has 0 spiro atoms. The van der Waals surface area contributed by atoms with Gasteiger partial charge >= 0.3 is 0 Å². The van der Waals surface area contributed by atoms with Gasteiger partial charge in [0.15, 0.2) is 0 Å². The van der Waals surface area contributed by atoms with Crippen LogP contribution >= 0.6 is 0 Å². The van der Waals surface area contributed by atoms with E-state index in [4.69, 9.17) is 4.74 Å². The van der Waals surface area contributed by atoms with Crippen LogP contribution in [0.25, 0.3) is 0 Å². The number of halogens is 2. The molecule has 94 valence electrons. The molecule has 0 saturated carbocycles. The van der Waals surface area contributed by atoms with Crippen LogP contribution in [0.15, 0.2) is 18.2 Å². The zero-order valence-electron chi connectivity index (χ0n) is 9.51. The van der Waals surface area contributed by atoms with Gasteiger partial charge in [-0.15, -0.1) is 0 Å². The zero-order valence-corrected chi connectivity index (χ0v) is 9.51. The molecule has 1 aromatic rings. The van der Waals surface area contributed by atoms with Crippen molar-refractivity contribution >= 4 is 5.69 Å². The minimum absolute atomic E-state index is 0.305. The first kappa shape index (κ1) is 12.3. The molecule has 1 heterocycles. The highest BCUT2D eigenvalue weighted by molar-refractivity contribution is 5.44. The molecule has 1 fully saturated rings. The van der Waals surface area contributed by atoms with Crippen molar-refractivity contribution in [1.29, 1.82) is 0 Å². The van der Waals surface area contributed by atoms with Crippen LogP contribution in [0.1, 0.15) is 6.42 Å². The van der Waals surface area contributed by atoms with Crippen molar-refractivity contribution in [3.05, 3.63) is 29.8 Å². The van der Waals surface area contributed by atoms with Gasteiger partial charge in [0.25, 0.3) is 0 Å². The third kappa shape index (κ3) is 3.64. The lowest BCUT2D eigenvalue weighted by Crippen LogP contribution is -2.42. The van der Waals surface area contributed by atoms with Gasteiger partial charge in [-0.3, -0.25) is 0 Å². The maximum absolute atomic E-state index is 13.3. The Morgan fingerprint density at radius 3 is 3.00 bits per heavy atom. The average Bonchev–Trinajstić information content (AvgIpc) is 2.33. The van der Waals surface area contributed by atoms with Crippen LogP contribution in [0.2, 0.25) is 0 Å². The lowest BCUT2D eigenvalue weighted by molar-refractivity contribution is 0.0753. The Morgan fingerprint density at radius 1 is 1.41 bits per heavy atom. The van der Waals surface area contributed by atoms with Crippen LogP contribution in [-0.4, -0.2) is 32.3 Å². The van der Waals surface area contributed by atoms with E-state index in [0.29, 0.717) is 24.9 Å². The van der Waals surface area contributed by atoms with Crippen molar-refractivity contribution in [3.8, 4) is 0 Å². The fourth-order valence-electron chi connectivity index (χ4n) is 1.82. The summed E-state index contributed by atoms with van der Waals surface area (Å²) in [4.78, 5) is 0. The van der Waals surface area contributed by atoms with Crippen molar-refractivity contribution in [3.63, 3.8) is 0 Å². The highest BCUT2D eigenvalue weighted by Crippen LogP contribution is 2.14. The second kappa shape index (κ2) is 5.93. The number of ether oxygens (including phenoxy) is 1. The van der Waals surface area contributed by atoms with Gasteiger partial charge in [0.1, 0.15) is 11.6 Å². The first-order valence-corrected chi connectivity index (χ1v) is 5.76. The second-order valence-electron chi connectivity index (χ2n) is 4.07. The van der Waals surface area contributed by atoms with E-state index in [1.807, 2.05) is 0 Å². The molecular weight excluding hydrogens is 226 g/mol. The molecule has 1 aromatic carbocycles. The monoisotopic (exact) mass is 242 g/mol. The molecule has 1 aliphatic heterocycles. The maximum atomic E-state index is 13.3. The molecule has 1 atom stereocenters. The smallest absolute Gasteiger partial charge is 0.149 e. The fourth-order valence-corrected chi connectivity index (χ4v) is 1.82. The summed E-state index contributed by atoms with van der Waals surface area (Å²) < 4.78 is 31.2. The number of nitrogens with one attached hydrogen (secondary N) is 2. The topological polar surface area (TPSA) is 33.3 Å². The van der Waals surface area contributed by atoms with E-state index in [9.17, 15) is 8.78 Å². The molecule has 1 aliphatic rings. The highest BCUT2D eigenvalue weighted by atomic mass is 19.1. The van der Waals surface area contributed by atoms with E-state index in [1.165, 1.54) is 12.1 Å².